The number of aromatic nitrogens is 3. The Kier molecular flexibility index (Phi) is 7.44. The summed E-state index contributed by atoms with van der Waals surface area (Å²) in [6.45, 7) is 3.38. The number of aliphatic carboxylic acids is 1. The molecule has 0 saturated carbocycles. The van der Waals surface area contributed by atoms with Crippen LogP contribution in [0, 0.1) is 6.92 Å². The van der Waals surface area contributed by atoms with E-state index in [0.717, 1.165) is 11.3 Å². The fourth-order valence-electron chi connectivity index (χ4n) is 2.42. The second-order valence-electron chi connectivity index (χ2n) is 5.82. The lowest BCUT2D eigenvalue weighted by Gasteiger charge is -2.09. The zero-order chi connectivity index (χ0) is 21.4. The highest BCUT2D eigenvalue weighted by Gasteiger charge is 2.19. The first kappa shape index (κ1) is 21.6. The Morgan fingerprint density at radius 1 is 1.21 bits per heavy atom. The maximum Gasteiger partial charge on any atom is 0.360 e. The highest BCUT2D eigenvalue weighted by atomic mass is 16.5. The van der Waals surface area contributed by atoms with Gasteiger partial charge in [0.2, 0.25) is 0 Å². The van der Waals surface area contributed by atoms with Gasteiger partial charge in [-0.05, 0) is 26.0 Å². The molecule has 0 amide bonds. The number of hydrogen-bond donors (Lipinski definition) is 3. The first-order valence-corrected chi connectivity index (χ1v) is 8.77. The predicted molar refractivity (Wildman–Crippen MR) is 106 cm³/mol. The Morgan fingerprint density at radius 3 is 2.45 bits per heavy atom. The molecule has 2 aromatic heterocycles. The molecule has 3 aromatic rings. The average Bonchev–Trinajstić information content (AvgIpc) is 3.21. The topological polar surface area (TPSA) is 141 Å². The molecule has 4 N–H and O–H groups in total. The fourth-order valence-corrected chi connectivity index (χ4v) is 2.42. The molecule has 0 bridgehead atoms. The Labute approximate surface area is 167 Å². The third kappa shape index (κ3) is 5.39. The van der Waals surface area contributed by atoms with Crippen molar-refractivity contribution >= 4 is 11.9 Å². The molecular weight excluding hydrogens is 376 g/mol. The van der Waals surface area contributed by atoms with E-state index in [2.05, 4.69) is 15.8 Å². The second kappa shape index (κ2) is 10.00. The van der Waals surface area contributed by atoms with Crippen LogP contribution in [0.1, 0.15) is 23.0 Å². The van der Waals surface area contributed by atoms with Crippen LogP contribution < -0.4 is 5.73 Å². The van der Waals surface area contributed by atoms with Crippen molar-refractivity contribution in [3.63, 3.8) is 0 Å². The molecule has 0 aliphatic rings. The van der Waals surface area contributed by atoms with Gasteiger partial charge < -0.3 is 20.7 Å². The highest BCUT2D eigenvalue weighted by molar-refractivity contribution is 5.91. The maximum absolute atomic E-state index is 11.8. The minimum atomic E-state index is -0.968. The van der Waals surface area contributed by atoms with Gasteiger partial charge in [-0.15, -0.1) is 0 Å². The molecule has 152 valence electrons. The molecule has 0 unspecified atom stereocenters. The SMILES string of the molecule is CCOC(=O)c1ncc(-c2cnn(-c3ccccc3)c2)c(C)c1O.NCC(=O)O. The molecule has 0 radical (unpaired) electrons. The number of esters is 1. The van der Waals surface area contributed by atoms with Gasteiger partial charge in [-0.1, -0.05) is 18.2 Å². The monoisotopic (exact) mass is 398 g/mol. The Morgan fingerprint density at radius 2 is 1.86 bits per heavy atom. The number of para-hydroxylation sites is 1. The van der Waals surface area contributed by atoms with Crippen LogP contribution in [0.5, 0.6) is 5.75 Å². The fraction of sp³-hybridized carbons (Fsp3) is 0.200. The van der Waals surface area contributed by atoms with E-state index in [4.69, 9.17) is 9.84 Å². The summed E-state index contributed by atoms with van der Waals surface area (Å²) < 4.78 is 6.63. The number of carbonyl (C=O) groups excluding carboxylic acids is 1. The molecule has 0 saturated heterocycles. The number of benzene rings is 1. The van der Waals surface area contributed by atoms with Gasteiger partial charge in [0.15, 0.2) is 11.4 Å². The van der Waals surface area contributed by atoms with Crippen LogP contribution >= 0.6 is 0 Å². The van der Waals surface area contributed by atoms with Crippen LogP contribution in [-0.2, 0) is 9.53 Å². The molecule has 9 heteroatoms. The summed E-state index contributed by atoms with van der Waals surface area (Å²) in [5.41, 5.74) is 7.50. The molecule has 0 aliphatic carbocycles. The normalized spacial score (nSPS) is 10.0. The smallest absolute Gasteiger partial charge is 0.360 e. The van der Waals surface area contributed by atoms with Crippen molar-refractivity contribution in [3.05, 3.63) is 60.2 Å². The number of hydrogen-bond acceptors (Lipinski definition) is 7. The van der Waals surface area contributed by atoms with Gasteiger partial charge >= 0.3 is 11.9 Å². The number of ether oxygens (including phenoxy) is 1. The van der Waals surface area contributed by atoms with Crippen LogP contribution in [0.4, 0.5) is 0 Å². The third-order valence-electron chi connectivity index (χ3n) is 3.86. The average molecular weight is 398 g/mol. The van der Waals surface area contributed by atoms with Crippen LogP contribution in [0.2, 0.25) is 0 Å². The van der Waals surface area contributed by atoms with Crippen molar-refractivity contribution in [2.45, 2.75) is 13.8 Å². The highest BCUT2D eigenvalue weighted by Crippen LogP contribution is 2.31. The molecule has 9 nitrogen and oxygen atoms in total. The maximum atomic E-state index is 11.8. The standard InChI is InChI=1S/C18H17N3O3.C2H5NO2/c1-3-24-18(23)16-17(22)12(2)15(10-19-16)13-9-20-21(11-13)14-7-5-4-6-8-14;3-1-2(4)5/h4-11,22H,3H2,1-2H3;1,3H2,(H,4,5). The molecule has 1 aromatic carbocycles. The van der Waals surface area contributed by atoms with E-state index in [1.165, 1.54) is 0 Å². The summed E-state index contributed by atoms with van der Waals surface area (Å²) in [5, 5.41) is 22.2. The molecule has 3 rings (SSSR count). The van der Waals surface area contributed by atoms with Gasteiger partial charge in [0.05, 0.1) is 25.0 Å². The minimum absolute atomic E-state index is 0.0754. The molecule has 0 spiro atoms. The summed E-state index contributed by atoms with van der Waals surface area (Å²) in [5.74, 6) is -1.77. The second-order valence-corrected chi connectivity index (χ2v) is 5.82. The zero-order valence-electron chi connectivity index (χ0n) is 16.1. The van der Waals surface area contributed by atoms with E-state index >= 15 is 0 Å². The van der Waals surface area contributed by atoms with E-state index < -0.39 is 11.9 Å². The van der Waals surface area contributed by atoms with E-state index in [1.54, 1.807) is 30.9 Å². The number of rotatable bonds is 5. The number of carboxylic acid groups (broad SMARTS) is 1. The number of carboxylic acids is 1. The first-order chi connectivity index (χ1) is 13.9. The lowest BCUT2D eigenvalue weighted by molar-refractivity contribution is -0.135. The van der Waals surface area contributed by atoms with Crippen molar-refractivity contribution in [3.8, 4) is 22.6 Å². The van der Waals surface area contributed by atoms with Gasteiger partial charge in [0.25, 0.3) is 0 Å². The van der Waals surface area contributed by atoms with Crippen molar-refractivity contribution in [1.29, 1.82) is 0 Å². The first-order valence-electron chi connectivity index (χ1n) is 8.77. The van der Waals surface area contributed by atoms with Gasteiger partial charge in [0, 0.05) is 29.1 Å². The van der Waals surface area contributed by atoms with E-state index in [9.17, 15) is 14.7 Å². The molecule has 2 heterocycles. The minimum Gasteiger partial charge on any atom is -0.505 e. The van der Waals surface area contributed by atoms with Crippen molar-refractivity contribution in [2.75, 3.05) is 13.2 Å². The molecule has 0 atom stereocenters. The Hall–Kier alpha value is -3.72. The van der Waals surface area contributed by atoms with Crippen LogP contribution in [0.15, 0.2) is 48.9 Å². The molecule has 29 heavy (non-hydrogen) atoms. The number of nitrogens with two attached hydrogens (primary N) is 1. The summed E-state index contributed by atoms with van der Waals surface area (Å²) in [6.07, 6.45) is 5.09. The van der Waals surface area contributed by atoms with Crippen molar-refractivity contribution in [1.82, 2.24) is 14.8 Å². The summed E-state index contributed by atoms with van der Waals surface area (Å²) in [4.78, 5) is 25.1. The van der Waals surface area contributed by atoms with E-state index in [0.29, 0.717) is 11.1 Å². The number of carbonyl (C=O) groups is 2. The molecular formula is C20H22N4O5. The van der Waals surface area contributed by atoms with Gasteiger partial charge in [-0.3, -0.25) is 4.79 Å². The van der Waals surface area contributed by atoms with Gasteiger partial charge in [0.1, 0.15) is 0 Å². The predicted octanol–water partition coefficient (Wildman–Crippen LogP) is 2.15. The molecule has 0 fully saturated rings. The van der Waals surface area contributed by atoms with Gasteiger partial charge in [-0.25, -0.2) is 14.5 Å². The van der Waals surface area contributed by atoms with Crippen LogP contribution in [0.3, 0.4) is 0 Å². The number of nitrogens with zero attached hydrogens (tertiary/aromatic N) is 3. The van der Waals surface area contributed by atoms with Crippen molar-refractivity contribution in [2.24, 2.45) is 5.73 Å². The largest absolute Gasteiger partial charge is 0.505 e. The Balaban J connectivity index is 0.000000537. The lowest BCUT2D eigenvalue weighted by atomic mass is 10.0. The van der Waals surface area contributed by atoms with Crippen LogP contribution in [0.25, 0.3) is 16.8 Å². The Bertz CT molecular complexity index is 986. The third-order valence-corrected chi connectivity index (χ3v) is 3.86. The summed E-state index contributed by atoms with van der Waals surface area (Å²) >= 11 is 0. The van der Waals surface area contributed by atoms with E-state index in [-0.39, 0.29) is 24.6 Å². The summed E-state index contributed by atoms with van der Waals surface area (Å²) in [6, 6.07) is 9.70. The number of pyridine rings is 1. The quantitative estimate of drug-likeness (QED) is 0.555. The number of aromatic hydroxyl groups is 1. The van der Waals surface area contributed by atoms with Crippen LogP contribution in [-0.4, -0.2) is 50.1 Å². The molecule has 0 aliphatic heterocycles. The zero-order valence-corrected chi connectivity index (χ0v) is 16.1. The van der Waals surface area contributed by atoms with Gasteiger partial charge in [-0.2, -0.15) is 5.10 Å². The summed E-state index contributed by atoms with van der Waals surface area (Å²) in [7, 11) is 0. The lowest BCUT2D eigenvalue weighted by Crippen LogP contribution is -2.10. The van der Waals surface area contributed by atoms with Crippen molar-refractivity contribution < 1.29 is 24.5 Å². The van der Waals surface area contributed by atoms with E-state index in [1.807, 2.05) is 36.5 Å².